The van der Waals surface area contributed by atoms with Crippen LogP contribution < -0.4 is 15.4 Å². The van der Waals surface area contributed by atoms with Gasteiger partial charge in [-0.1, -0.05) is 30.3 Å². The van der Waals surface area contributed by atoms with Gasteiger partial charge in [0.05, 0.1) is 15.5 Å². The molecule has 0 fully saturated rings. The minimum Gasteiger partial charge on any atom is -0.322 e. The molecule has 0 saturated carbocycles. The third-order valence-electron chi connectivity index (χ3n) is 4.94. The smallest absolute Gasteiger partial charge is 0.265 e. The highest BCUT2D eigenvalue weighted by Crippen LogP contribution is 2.21. The lowest BCUT2D eigenvalue weighted by atomic mass is 10.2. The van der Waals surface area contributed by atoms with Crippen molar-refractivity contribution in [2.75, 3.05) is 15.4 Å². The van der Waals surface area contributed by atoms with Crippen molar-refractivity contribution in [2.45, 2.75) is 11.8 Å². The van der Waals surface area contributed by atoms with Crippen LogP contribution in [-0.2, 0) is 10.0 Å². The third kappa shape index (κ3) is 5.51. The molecule has 0 aliphatic carbocycles. The summed E-state index contributed by atoms with van der Waals surface area (Å²) < 4.78 is 27.9. The number of thiophene rings is 1. The fourth-order valence-corrected chi connectivity index (χ4v) is 4.90. The second-order valence-corrected chi connectivity index (χ2v) is 10.0. The average Bonchev–Trinajstić information content (AvgIpc) is 3.36. The zero-order chi connectivity index (χ0) is 24.1. The molecule has 1 aromatic heterocycles. The first-order valence-corrected chi connectivity index (χ1v) is 12.6. The van der Waals surface area contributed by atoms with Gasteiger partial charge in [-0.25, -0.2) is 8.42 Å². The topological polar surface area (TPSA) is 104 Å². The lowest BCUT2D eigenvalue weighted by molar-refractivity contribution is 0.102. The van der Waals surface area contributed by atoms with Crippen LogP contribution in [0.15, 0.2) is 95.2 Å². The Bertz CT molecular complexity index is 1430. The average molecular weight is 492 g/mol. The number of carbonyl (C=O) groups is 2. The molecule has 1 heterocycles. The highest BCUT2D eigenvalue weighted by atomic mass is 32.2. The van der Waals surface area contributed by atoms with E-state index in [0.717, 1.165) is 5.56 Å². The molecule has 0 unspecified atom stereocenters. The monoisotopic (exact) mass is 491 g/mol. The van der Waals surface area contributed by atoms with Crippen LogP contribution in [-0.4, -0.2) is 20.2 Å². The lowest BCUT2D eigenvalue weighted by Crippen LogP contribution is -2.15. The quantitative estimate of drug-likeness (QED) is 0.324. The van der Waals surface area contributed by atoms with Gasteiger partial charge in [0.25, 0.3) is 21.8 Å². The molecule has 4 aromatic rings. The third-order valence-corrected chi connectivity index (χ3v) is 7.19. The van der Waals surface area contributed by atoms with Gasteiger partial charge in [-0.15, -0.1) is 11.3 Å². The largest absolute Gasteiger partial charge is 0.322 e. The van der Waals surface area contributed by atoms with E-state index in [0.29, 0.717) is 27.5 Å². The molecule has 0 spiro atoms. The highest BCUT2D eigenvalue weighted by Gasteiger charge is 2.16. The van der Waals surface area contributed by atoms with Gasteiger partial charge >= 0.3 is 0 Å². The van der Waals surface area contributed by atoms with Crippen molar-refractivity contribution in [2.24, 2.45) is 0 Å². The van der Waals surface area contributed by atoms with E-state index in [1.54, 1.807) is 48.5 Å². The molecule has 2 amide bonds. The standard InChI is InChI=1S/C25H21N3O4S2/c1-17-6-2-3-9-22(17)28-34(31,32)21-13-11-18(12-14-21)24(29)26-19-7-4-8-20(16-19)27-25(30)23-10-5-15-33-23/h2-16,28H,1H3,(H,26,29)(H,27,30). The summed E-state index contributed by atoms with van der Waals surface area (Å²) >= 11 is 1.34. The highest BCUT2D eigenvalue weighted by molar-refractivity contribution is 7.92. The summed E-state index contributed by atoms with van der Waals surface area (Å²) in [7, 11) is -3.79. The first-order valence-electron chi connectivity index (χ1n) is 10.3. The van der Waals surface area contributed by atoms with E-state index in [9.17, 15) is 18.0 Å². The molecule has 0 saturated heterocycles. The fourth-order valence-electron chi connectivity index (χ4n) is 3.15. The Balaban J connectivity index is 1.43. The van der Waals surface area contributed by atoms with Gasteiger partial charge in [-0.2, -0.15) is 0 Å². The van der Waals surface area contributed by atoms with Crippen LogP contribution in [0.25, 0.3) is 0 Å². The second kappa shape index (κ2) is 9.90. The Morgan fingerprint density at radius 2 is 1.44 bits per heavy atom. The summed E-state index contributed by atoms with van der Waals surface area (Å²) in [6, 6.07) is 23.0. The number of sulfonamides is 1. The van der Waals surface area contributed by atoms with E-state index in [-0.39, 0.29) is 10.8 Å². The maximum Gasteiger partial charge on any atom is 0.265 e. The molecule has 7 nitrogen and oxygen atoms in total. The van der Waals surface area contributed by atoms with Gasteiger partial charge in [-0.05, 0) is 72.5 Å². The van der Waals surface area contributed by atoms with Gasteiger partial charge < -0.3 is 10.6 Å². The number of carbonyl (C=O) groups excluding carboxylic acids is 2. The molecule has 0 bridgehead atoms. The fraction of sp³-hybridized carbons (Fsp3) is 0.0400. The molecule has 0 atom stereocenters. The maximum atomic E-state index is 12.7. The molecule has 3 aromatic carbocycles. The summed E-state index contributed by atoms with van der Waals surface area (Å²) in [5.74, 6) is -0.632. The summed E-state index contributed by atoms with van der Waals surface area (Å²) in [6.45, 7) is 1.81. The molecule has 3 N–H and O–H groups in total. The molecule has 4 rings (SSSR count). The van der Waals surface area contributed by atoms with Crippen LogP contribution in [0, 0.1) is 6.92 Å². The van der Waals surface area contributed by atoms with Crippen LogP contribution in [0.3, 0.4) is 0 Å². The summed E-state index contributed by atoms with van der Waals surface area (Å²) in [5.41, 5.74) is 2.63. The van der Waals surface area contributed by atoms with E-state index < -0.39 is 15.9 Å². The minimum absolute atomic E-state index is 0.0468. The molecule has 0 radical (unpaired) electrons. The Morgan fingerprint density at radius 1 is 0.765 bits per heavy atom. The van der Waals surface area contributed by atoms with Gasteiger partial charge in [0.2, 0.25) is 0 Å². The van der Waals surface area contributed by atoms with Gasteiger partial charge in [0.15, 0.2) is 0 Å². The molecule has 0 aliphatic heterocycles. The van der Waals surface area contributed by atoms with E-state index in [4.69, 9.17) is 0 Å². The molecule has 0 aliphatic rings. The number of hydrogen-bond donors (Lipinski definition) is 3. The number of nitrogens with one attached hydrogen (secondary N) is 3. The van der Waals surface area contributed by atoms with Crippen LogP contribution in [0.2, 0.25) is 0 Å². The van der Waals surface area contributed by atoms with E-state index in [1.807, 2.05) is 24.4 Å². The van der Waals surface area contributed by atoms with Crippen LogP contribution in [0.1, 0.15) is 25.6 Å². The number of aryl methyl sites for hydroxylation is 1. The van der Waals surface area contributed by atoms with E-state index in [1.165, 1.54) is 35.6 Å². The van der Waals surface area contributed by atoms with Crippen molar-refractivity contribution in [3.63, 3.8) is 0 Å². The maximum absolute atomic E-state index is 12.7. The van der Waals surface area contributed by atoms with Crippen molar-refractivity contribution in [1.82, 2.24) is 0 Å². The minimum atomic E-state index is -3.79. The van der Waals surface area contributed by atoms with Gasteiger partial charge in [0, 0.05) is 16.9 Å². The number of anilines is 3. The van der Waals surface area contributed by atoms with Crippen molar-refractivity contribution in [1.29, 1.82) is 0 Å². The first-order chi connectivity index (χ1) is 16.3. The van der Waals surface area contributed by atoms with Crippen molar-refractivity contribution >= 4 is 50.2 Å². The molecule has 172 valence electrons. The zero-order valence-corrected chi connectivity index (χ0v) is 19.7. The number of benzene rings is 3. The summed E-state index contributed by atoms with van der Waals surface area (Å²) in [6.07, 6.45) is 0. The molecule has 9 heteroatoms. The first kappa shape index (κ1) is 23.2. The van der Waals surface area contributed by atoms with Crippen LogP contribution in [0.5, 0.6) is 0 Å². The molecule has 34 heavy (non-hydrogen) atoms. The summed E-state index contributed by atoms with van der Waals surface area (Å²) in [5, 5.41) is 7.37. The predicted octanol–water partition coefficient (Wildman–Crippen LogP) is 5.36. The van der Waals surface area contributed by atoms with E-state index >= 15 is 0 Å². The number of hydrogen-bond acceptors (Lipinski definition) is 5. The van der Waals surface area contributed by atoms with E-state index in [2.05, 4.69) is 15.4 Å². The Morgan fingerprint density at radius 3 is 2.09 bits per heavy atom. The second-order valence-electron chi connectivity index (χ2n) is 7.41. The van der Waals surface area contributed by atoms with Crippen LogP contribution in [0.4, 0.5) is 17.1 Å². The summed E-state index contributed by atoms with van der Waals surface area (Å²) in [4.78, 5) is 25.5. The molecular weight excluding hydrogens is 470 g/mol. The lowest BCUT2D eigenvalue weighted by Gasteiger charge is -2.11. The normalized spacial score (nSPS) is 11.0. The predicted molar refractivity (Wildman–Crippen MR) is 135 cm³/mol. The SMILES string of the molecule is Cc1ccccc1NS(=O)(=O)c1ccc(C(=O)Nc2cccc(NC(=O)c3cccs3)c2)cc1. The van der Waals surface area contributed by atoms with Gasteiger partial charge in [0.1, 0.15) is 0 Å². The van der Waals surface area contributed by atoms with Crippen molar-refractivity contribution in [3.8, 4) is 0 Å². The van der Waals surface area contributed by atoms with Gasteiger partial charge in [-0.3, -0.25) is 14.3 Å². The van der Waals surface area contributed by atoms with Crippen molar-refractivity contribution < 1.29 is 18.0 Å². The van der Waals surface area contributed by atoms with Crippen LogP contribution >= 0.6 is 11.3 Å². The Hall–Kier alpha value is -3.95. The zero-order valence-electron chi connectivity index (χ0n) is 18.1. The van der Waals surface area contributed by atoms with Crippen molar-refractivity contribution in [3.05, 3.63) is 106 Å². The number of rotatable bonds is 7. The number of para-hydroxylation sites is 1. The Kier molecular flexibility index (Phi) is 6.76. The Labute approximate surface area is 201 Å². The molecular formula is C25H21N3O4S2. The number of amides is 2.